The first kappa shape index (κ1) is 20.1. The summed E-state index contributed by atoms with van der Waals surface area (Å²) in [6, 6.07) is 16.7. The summed E-state index contributed by atoms with van der Waals surface area (Å²) in [5.74, 6) is 1.76. The maximum atomic E-state index is 12.5. The van der Waals surface area contributed by atoms with E-state index >= 15 is 0 Å². The number of nitrogens with one attached hydrogen (secondary N) is 2. The van der Waals surface area contributed by atoms with Crippen LogP contribution in [0.2, 0.25) is 0 Å². The molecule has 1 aromatic heterocycles. The van der Waals surface area contributed by atoms with Crippen molar-refractivity contribution >= 4 is 17.4 Å². The number of anilines is 2. The minimum absolute atomic E-state index is 0.118. The van der Waals surface area contributed by atoms with Gasteiger partial charge in [-0.1, -0.05) is 18.2 Å². The zero-order valence-corrected chi connectivity index (χ0v) is 16.7. The number of carbonyl (C=O) groups excluding carboxylic acids is 1. The molecule has 3 rings (SSSR count). The second-order valence-electron chi connectivity index (χ2n) is 6.60. The van der Waals surface area contributed by atoms with Crippen LogP contribution in [0, 0.1) is 0 Å². The molecule has 3 aromatic rings. The van der Waals surface area contributed by atoms with Crippen LogP contribution in [0.4, 0.5) is 11.5 Å². The summed E-state index contributed by atoms with van der Waals surface area (Å²) in [5.41, 5.74) is 2.00. The summed E-state index contributed by atoms with van der Waals surface area (Å²) < 4.78 is 10.9. The highest BCUT2D eigenvalue weighted by Gasteiger charge is 2.10. The Hall–Kier alpha value is -3.61. The zero-order valence-electron chi connectivity index (χ0n) is 16.7. The van der Waals surface area contributed by atoms with Crippen molar-refractivity contribution in [2.24, 2.45) is 0 Å². The van der Waals surface area contributed by atoms with Gasteiger partial charge in [-0.3, -0.25) is 4.79 Å². The molecule has 0 aliphatic heterocycles. The molecule has 0 aliphatic carbocycles. The predicted molar refractivity (Wildman–Crippen MR) is 112 cm³/mol. The Labute approximate surface area is 170 Å². The highest BCUT2D eigenvalue weighted by atomic mass is 16.5. The van der Waals surface area contributed by atoms with Crippen molar-refractivity contribution in [2.75, 3.05) is 12.4 Å². The number of hydrogen-bond acceptors (Lipinski definition) is 6. The fourth-order valence-electron chi connectivity index (χ4n) is 2.70. The van der Waals surface area contributed by atoms with E-state index in [0.29, 0.717) is 12.4 Å². The number of carbonyl (C=O) groups is 1. The number of aromatic nitrogens is 2. The molecule has 0 aliphatic rings. The number of para-hydroxylation sites is 1. The van der Waals surface area contributed by atoms with Crippen molar-refractivity contribution in [3.8, 4) is 11.5 Å². The molecule has 2 N–H and O–H groups in total. The van der Waals surface area contributed by atoms with Gasteiger partial charge in [0.05, 0.1) is 13.2 Å². The molecule has 2 aromatic carbocycles. The number of benzene rings is 2. The lowest BCUT2D eigenvalue weighted by molar-refractivity contribution is 0.0945. The van der Waals surface area contributed by atoms with E-state index in [9.17, 15) is 4.79 Å². The monoisotopic (exact) mass is 392 g/mol. The molecule has 29 heavy (non-hydrogen) atoms. The van der Waals surface area contributed by atoms with Gasteiger partial charge in [0.25, 0.3) is 5.91 Å². The van der Waals surface area contributed by atoms with Crippen LogP contribution in [-0.4, -0.2) is 29.1 Å². The molecule has 0 atom stereocenters. The number of ether oxygens (including phenoxy) is 2. The van der Waals surface area contributed by atoms with E-state index in [1.54, 1.807) is 13.2 Å². The van der Waals surface area contributed by atoms with Gasteiger partial charge in [-0.15, -0.1) is 0 Å². The van der Waals surface area contributed by atoms with Crippen molar-refractivity contribution in [3.05, 3.63) is 72.2 Å². The molecular weight excluding hydrogens is 368 g/mol. The Morgan fingerprint density at radius 2 is 1.83 bits per heavy atom. The van der Waals surface area contributed by atoms with Gasteiger partial charge in [-0.2, -0.15) is 0 Å². The smallest absolute Gasteiger partial charge is 0.270 e. The van der Waals surface area contributed by atoms with Gasteiger partial charge in [-0.05, 0) is 44.2 Å². The fraction of sp³-hybridized carbons (Fsp3) is 0.227. The van der Waals surface area contributed by atoms with Crippen LogP contribution in [0.3, 0.4) is 0 Å². The first-order chi connectivity index (χ1) is 14.0. The summed E-state index contributed by atoms with van der Waals surface area (Å²) in [6.07, 6.45) is 1.48. The average Bonchev–Trinajstić information content (AvgIpc) is 2.73. The van der Waals surface area contributed by atoms with Crippen molar-refractivity contribution in [1.29, 1.82) is 0 Å². The lowest BCUT2D eigenvalue weighted by Gasteiger charge is -2.11. The second kappa shape index (κ2) is 9.54. The van der Waals surface area contributed by atoms with Crippen molar-refractivity contribution in [3.63, 3.8) is 0 Å². The van der Waals surface area contributed by atoms with Crippen LogP contribution in [0.1, 0.15) is 29.9 Å². The van der Waals surface area contributed by atoms with Crippen molar-refractivity contribution in [1.82, 2.24) is 15.3 Å². The third-order valence-corrected chi connectivity index (χ3v) is 4.03. The van der Waals surface area contributed by atoms with Crippen LogP contribution >= 0.6 is 0 Å². The quantitative estimate of drug-likeness (QED) is 0.604. The molecule has 0 spiro atoms. The van der Waals surface area contributed by atoms with Crippen LogP contribution in [-0.2, 0) is 6.54 Å². The normalized spacial score (nSPS) is 10.5. The van der Waals surface area contributed by atoms with E-state index in [0.717, 1.165) is 22.7 Å². The van der Waals surface area contributed by atoms with E-state index in [1.165, 1.54) is 6.33 Å². The lowest BCUT2D eigenvalue weighted by atomic mass is 10.2. The van der Waals surface area contributed by atoms with Gasteiger partial charge in [0.15, 0.2) is 0 Å². The topological polar surface area (TPSA) is 85.4 Å². The first-order valence-electron chi connectivity index (χ1n) is 9.31. The molecule has 0 unspecified atom stereocenters. The number of methoxy groups -OCH3 is 1. The third kappa shape index (κ3) is 5.68. The summed E-state index contributed by atoms with van der Waals surface area (Å²) in [7, 11) is 1.60. The van der Waals surface area contributed by atoms with Crippen molar-refractivity contribution in [2.45, 2.75) is 26.5 Å². The Kier molecular flexibility index (Phi) is 6.63. The zero-order chi connectivity index (χ0) is 20.6. The minimum atomic E-state index is -0.290. The maximum absolute atomic E-state index is 12.5. The van der Waals surface area contributed by atoms with Crippen LogP contribution in [0.25, 0.3) is 0 Å². The van der Waals surface area contributed by atoms with Crippen LogP contribution in [0.5, 0.6) is 11.5 Å². The van der Waals surface area contributed by atoms with E-state index in [4.69, 9.17) is 9.47 Å². The van der Waals surface area contributed by atoms with Gasteiger partial charge in [-0.25, -0.2) is 9.97 Å². The molecule has 1 amide bonds. The molecule has 7 nitrogen and oxygen atoms in total. The van der Waals surface area contributed by atoms with Crippen LogP contribution in [0.15, 0.2) is 60.9 Å². The molecule has 0 saturated heterocycles. The second-order valence-corrected chi connectivity index (χ2v) is 6.60. The molecule has 0 saturated carbocycles. The van der Waals surface area contributed by atoms with E-state index < -0.39 is 0 Å². The van der Waals surface area contributed by atoms with E-state index in [2.05, 4.69) is 20.6 Å². The molecule has 7 heteroatoms. The Balaban J connectivity index is 1.63. The molecule has 0 bridgehead atoms. The van der Waals surface area contributed by atoms with Crippen molar-refractivity contribution < 1.29 is 14.3 Å². The number of amides is 1. The summed E-state index contributed by atoms with van der Waals surface area (Å²) in [4.78, 5) is 20.7. The molecule has 1 heterocycles. The average molecular weight is 392 g/mol. The van der Waals surface area contributed by atoms with E-state index in [-0.39, 0.29) is 17.7 Å². The Morgan fingerprint density at radius 1 is 1.07 bits per heavy atom. The number of hydrogen-bond donors (Lipinski definition) is 2. The number of rotatable bonds is 8. The highest BCUT2D eigenvalue weighted by Crippen LogP contribution is 2.20. The summed E-state index contributed by atoms with van der Waals surface area (Å²) in [5, 5.41) is 6.02. The third-order valence-electron chi connectivity index (χ3n) is 4.03. The lowest BCUT2D eigenvalue weighted by Crippen LogP contribution is -2.24. The first-order valence-corrected chi connectivity index (χ1v) is 9.31. The van der Waals surface area contributed by atoms with Gasteiger partial charge in [0.2, 0.25) is 0 Å². The number of nitrogens with zero attached hydrogens (tertiary/aromatic N) is 2. The largest absolute Gasteiger partial charge is 0.496 e. The summed E-state index contributed by atoms with van der Waals surface area (Å²) in [6.45, 7) is 4.30. The van der Waals surface area contributed by atoms with E-state index in [1.807, 2.05) is 62.4 Å². The van der Waals surface area contributed by atoms with Gasteiger partial charge in [0.1, 0.15) is 29.3 Å². The highest BCUT2D eigenvalue weighted by molar-refractivity contribution is 5.93. The van der Waals surface area contributed by atoms with Gasteiger partial charge < -0.3 is 20.1 Å². The molecule has 0 fully saturated rings. The Bertz CT molecular complexity index is 958. The maximum Gasteiger partial charge on any atom is 0.270 e. The Morgan fingerprint density at radius 3 is 2.55 bits per heavy atom. The molecular formula is C22H24N4O3. The SMILES string of the molecule is COc1ccccc1CNC(=O)c1cc(Nc2ccc(OC(C)C)cc2)ncn1. The fourth-order valence-corrected chi connectivity index (χ4v) is 2.70. The molecule has 0 radical (unpaired) electrons. The minimum Gasteiger partial charge on any atom is -0.496 e. The standard InChI is InChI=1S/C22H24N4O3/c1-15(2)29-18-10-8-17(9-11-18)26-21-12-19(24-14-25-21)22(27)23-13-16-6-4-5-7-20(16)28-3/h4-12,14-15H,13H2,1-3H3,(H,23,27)(H,24,25,26). The van der Waals surface area contributed by atoms with Crippen LogP contribution < -0.4 is 20.1 Å². The van der Waals surface area contributed by atoms with Gasteiger partial charge in [0, 0.05) is 23.9 Å². The van der Waals surface area contributed by atoms with Gasteiger partial charge >= 0.3 is 0 Å². The molecule has 150 valence electrons. The summed E-state index contributed by atoms with van der Waals surface area (Å²) >= 11 is 0. The predicted octanol–water partition coefficient (Wildman–Crippen LogP) is 3.95.